The SMILES string of the molecule is CCCCN1C(CCC)=[N+](CCCCC2CN=C(CCC)N2CCC(C)C)CC1C. The van der Waals surface area contributed by atoms with Crippen LogP contribution in [0.1, 0.15) is 106 Å². The van der Waals surface area contributed by atoms with Crippen molar-refractivity contribution >= 4 is 11.7 Å². The molecule has 0 radical (unpaired) electrons. The summed E-state index contributed by atoms with van der Waals surface area (Å²) >= 11 is 0. The highest BCUT2D eigenvalue weighted by Crippen LogP contribution is 2.21. The summed E-state index contributed by atoms with van der Waals surface area (Å²) in [5, 5.41) is 0. The van der Waals surface area contributed by atoms with Crippen molar-refractivity contribution in [3.05, 3.63) is 0 Å². The van der Waals surface area contributed by atoms with Crippen molar-refractivity contribution in [1.82, 2.24) is 9.80 Å². The zero-order valence-corrected chi connectivity index (χ0v) is 21.1. The molecule has 174 valence electrons. The second-order valence-corrected chi connectivity index (χ2v) is 10.0. The Morgan fingerprint density at radius 3 is 2.40 bits per heavy atom. The molecule has 0 N–H and O–H groups in total. The Morgan fingerprint density at radius 2 is 1.73 bits per heavy atom. The second kappa shape index (κ2) is 13.4. The molecule has 2 heterocycles. The van der Waals surface area contributed by atoms with Gasteiger partial charge in [-0.3, -0.25) is 14.5 Å². The number of amidine groups is 2. The molecule has 2 aliphatic heterocycles. The van der Waals surface area contributed by atoms with Crippen LogP contribution < -0.4 is 0 Å². The quantitative estimate of drug-likeness (QED) is 0.247. The molecule has 0 aromatic rings. The molecule has 30 heavy (non-hydrogen) atoms. The monoisotopic (exact) mass is 419 g/mol. The molecular formula is C26H51N4+. The van der Waals surface area contributed by atoms with Gasteiger partial charge in [0.2, 0.25) is 5.84 Å². The molecule has 0 aromatic heterocycles. The number of unbranched alkanes of at least 4 members (excludes halogenated alkanes) is 2. The van der Waals surface area contributed by atoms with E-state index in [0.717, 1.165) is 18.9 Å². The number of hydrogen-bond donors (Lipinski definition) is 0. The van der Waals surface area contributed by atoms with Crippen LogP contribution in [0.5, 0.6) is 0 Å². The minimum Gasteiger partial charge on any atom is -0.356 e. The molecule has 4 nitrogen and oxygen atoms in total. The lowest BCUT2D eigenvalue weighted by Crippen LogP contribution is -2.38. The first-order chi connectivity index (χ1) is 14.5. The lowest BCUT2D eigenvalue weighted by atomic mass is 10.1. The van der Waals surface area contributed by atoms with E-state index in [0.29, 0.717) is 12.1 Å². The summed E-state index contributed by atoms with van der Waals surface area (Å²) in [4.78, 5) is 10.3. The predicted molar refractivity (Wildman–Crippen MR) is 132 cm³/mol. The van der Waals surface area contributed by atoms with Crippen LogP contribution in [0.25, 0.3) is 0 Å². The van der Waals surface area contributed by atoms with Crippen molar-refractivity contribution < 1.29 is 4.58 Å². The molecule has 0 fully saturated rings. The molecule has 0 saturated carbocycles. The Balaban J connectivity index is 1.85. The second-order valence-electron chi connectivity index (χ2n) is 10.0. The summed E-state index contributed by atoms with van der Waals surface area (Å²) in [6, 6.07) is 1.34. The molecular weight excluding hydrogens is 368 g/mol. The van der Waals surface area contributed by atoms with E-state index in [1.165, 1.54) is 89.8 Å². The maximum atomic E-state index is 4.93. The van der Waals surface area contributed by atoms with Crippen molar-refractivity contribution in [2.24, 2.45) is 10.9 Å². The predicted octanol–water partition coefficient (Wildman–Crippen LogP) is 5.80. The maximum Gasteiger partial charge on any atom is 0.247 e. The average molecular weight is 420 g/mol. The molecule has 2 unspecified atom stereocenters. The van der Waals surface area contributed by atoms with Crippen LogP contribution >= 0.6 is 0 Å². The van der Waals surface area contributed by atoms with Gasteiger partial charge in [-0.2, -0.15) is 0 Å². The first kappa shape index (κ1) is 25.2. The summed E-state index contributed by atoms with van der Waals surface area (Å²) in [5.41, 5.74) is 0. The molecule has 2 atom stereocenters. The van der Waals surface area contributed by atoms with E-state index in [9.17, 15) is 0 Å². The highest BCUT2D eigenvalue weighted by atomic mass is 15.3. The van der Waals surface area contributed by atoms with E-state index in [2.05, 4.69) is 55.9 Å². The molecule has 0 spiro atoms. The normalized spacial score (nSPS) is 22.0. The van der Waals surface area contributed by atoms with E-state index in [4.69, 9.17) is 4.99 Å². The number of nitrogens with zero attached hydrogens (tertiary/aromatic N) is 4. The summed E-state index contributed by atoms with van der Waals surface area (Å²) in [6.07, 6.45) is 12.7. The number of aliphatic imine (C=N–C) groups is 1. The molecule has 0 bridgehead atoms. The van der Waals surface area contributed by atoms with Gasteiger partial charge in [0.15, 0.2) is 0 Å². The van der Waals surface area contributed by atoms with Gasteiger partial charge in [-0.25, -0.2) is 0 Å². The number of hydrogen-bond acceptors (Lipinski definition) is 3. The van der Waals surface area contributed by atoms with Gasteiger partial charge in [-0.1, -0.05) is 41.0 Å². The van der Waals surface area contributed by atoms with Crippen LogP contribution in [0.2, 0.25) is 0 Å². The highest BCUT2D eigenvalue weighted by molar-refractivity contribution is 5.84. The molecule has 0 amide bonds. The van der Waals surface area contributed by atoms with Crippen LogP contribution in [0.15, 0.2) is 4.99 Å². The molecule has 2 rings (SSSR count). The summed E-state index contributed by atoms with van der Waals surface area (Å²) in [5.74, 6) is 3.79. The summed E-state index contributed by atoms with van der Waals surface area (Å²) in [7, 11) is 0. The van der Waals surface area contributed by atoms with Gasteiger partial charge in [-0.15, -0.1) is 0 Å². The third-order valence-corrected chi connectivity index (χ3v) is 6.83. The summed E-state index contributed by atoms with van der Waals surface area (Å²) < 4.78 is 2.72. The molecule has 4 heteroatoms. The van der Waals surface area contributed by atoms with Crippen LogP contribution in [-0.2, 0) is 0 Å². The van der Waals surface area contributed by atoms with Gasteiger partial charge in [0.05, 0.1) is 25.5 Å². The summed E-state index contributed by atoms with van der Waals surface area (Å²) in [6.45, 7) is 20.0. The Kier molecular flexibility index (Phi) is 11.2. The Labute approximate surface area is 187 Å². The fourth-order valence-electron chi connectivity index (χ4n) is 5.08. The van der Waals surface area contributed by atoms with Crippen molar-refractivity contribution in [3.8, 4) is 0 Å². The lowest BCUT2D eigenvalue weighted by Gasteiger charge is -2.29. The van der Waals surface area contributed by atoms with Gasteiger partial charge < -0.3 is 4.90 Å². The lowest BCUT2D eigenvalue weighted by molar-refractivity contribution is -0.522. The fourth-order valence-corrected chi connectivity index (χ4v) is 5.08. The topological polar surface area (TPSA) is 21.9 Å². The third kappa shape index (κ3) is 7.27. The van der Waals surface area contributed by atoms with Crippen LogP contribution in [-0.4, -0.2) is 70.9 Å². The van der Waals surface area contributed by atoms with Crippen LogP contribution in [0.3, 0.4) is 0 Å². The van der Waals surface area contributed by atoms with Gasteiger partial charge in [0.25, 0.3) is 0 Å². The van der Waals surface area contributed by atoms with Crippen molar-refractivity contribution in [2.75, 3.05) is 32.7 Å². The van der Waals surface area contributed by atoms with Crippen LogP contribution in [0, 0.1) is 5.92 Å². The molecule has 0 aromatic carbocycles. The third-order valence-electron chi connectivity index (χ3n) is 6.83. The van der Waals surface area contributed by atoms with Crippen molar-refractivity contribution in [3.63, 3.8) is 0 Å². The van der Waals surface area contributed by atoms with Crippen molar-refractivity contribution in [2.45, 2.75) is 118 Å². The van der Waals surface area contributed by atoms with E-state index >= 15 is 0 Å². The average Bonchev–Trinajstić information content (AvgIpc) is 3.23. The van der Waals surface area contributed by atoms with Crippen molar-refractivity contribution in [1.29, 1.82) is 0 Å². The highest BCUT2D eigenvalue weighted by Gasteiger charge is 2.35. The Hall–Kier alpha value is -1.06. The molecule has 0 aliphatic carbocycles. The van der Waals surface area contributed by atoms with E-state index < -0.39 is 0 Å². The first-order valence-corrected chi connectivity index (χ1v) is 13.2. The van der Waals surface area contributed by atoms with Gasteiger partial charge >= 0.3 is 0 Å². The van der Waals surface area contributed by atoms with Gasteiger partial charge in [-0.05, 0) is 57.8 Å². The minimum atomic E-state index is 0.656. The zero-order valence-electron chi connectivity index (χ0n) is 21.1. The fraction of sp³-hybridized carbons (Fsp3) is 0.923. The zero-order chi connectivity index (χ0) is 21.9. The Bertz CT molecular complexity index is 551. The Morgan fingerprint density at radius 1 is 0.967 bits per heavy atom. The minimum absolute atomic E-state index is 0.656. The maximum absolute atomic E-state index is 4.93. The first-order valence-electron chi connectivity index (χ1n) is 13.2. The van der Waals surface area contributed by atoms with E-state index in [1.54, 1.807) is 5.84 Å². The molecule has 2 aliphatic rings. The van der Waals surface area contributed by atoms with Crippen LogP contribution in [0.4, 0.5) is 0 Å². The standard InChI is InChI=1S/C26H51N4/c1-7-10-18-29-23(6)21-28(26(29)14-9-3)17-12-11-15-24-20-27-25(13-8-2)30(24)19-16-22(4)5/h22-24H,7-21H2,1-6H3/q+1. The van der Waals surface area contributed by atoms with E-state index in [-0.39, 0.29) is 0 Å². The number of rotatable bonds is 15. The largest absolute Gasteiger partial charge is 0.356 e. The van der Waals surface area contributed by atoms with E-state index in [1.807, 2.05) is 0 Å². The van der Waals surface area contributed by atoms with Gasteiger partial charge in [0, 0.05) is 25.4 Å². The van der Waals surface area contributed by atoms with Gasteiger partial charge in [0.1, 0.15) is 12.6 Å². The molecule has 0 saturated heterocycles. The smallest absolute Gasteiger partial charge is 0.247 e.